The molecule has 4 heterocycles. The minimum absolute atomic E-state index is 0.212. The van der Waals surface area contributed by atoms with Gasteiger partial charge in [-0.15, -0.1) is 10.2 Å². The average molecular weight is 418 g/mol. The Balaban J connectivity index is 1.45. The number of thioether (sulfide) groups is 1. The molecule has 4 rings (SSSR count). The topological polar surface area (TPSA) is 67.4 Å². The minimum atomic E-state index is 0.212. The highest BCUT2D eigenvalue weighted by molar-refractivity contribution is 7.99. The number of likely N-dealkylation sites (tertiary alicyclic amines) is 1. The summed E-state index contributed by atoms with van der Waals surface area (Å²) in [5.41, 5.74) is 0. The minimum Gasteiger partial charge on any atom is -0.467 e. The first-order chi connectivity index (χ1) is 14.3. The van der Waals surface area contributed by atoms with Crippen LogP contribution in [0.3, 0.4) is 0 Å². The van der Waals surface area contributed by atoms with Gasteiger partial charge in [-0.2, -0.15) is 0 Å². The van der Waals surface area contributed by atoms with E-state index in [1.54, 1.807) is 6.26 Å². The number of carbonyl (C=O) groups is 1. The van der Waals surface area contributed by atoms with Crippen LogP contribution >= 0.6 is 11.8 Å². The molecule has 0 aliphatic carbocycles. The van der Waals surface area contributed by atoms with E-state index in [0.717, 1.165) is 55.9 Å². The Labute approximate surface area is 176 Å². The first-order valence-electron chi connectivity index (χ1n) is 10.9. The van der Waals surface area contributed by atoms with Gasteiger partial charge in [-0.05, 0) is 44.2 Å². The Morgan fingerprint density at radius 3 is 2.38 bits per heavy atom. The number of amides is 1. The van der Waals surface area contributed by atoms with E-state index in [4.69, 9.17) is 4.42 Å². The molecular formula is C21H31N5O2S. The maximum absolute atomic E-state index is 12.8. The summed E-state index contributed by atoms with van der Waals surface area (Å²) in [7, 11) is 0. The summed E-state index contributed by atoms with van der Waals surface area (Å²) in [4.78, 5) is 17.1. The zero-order valence-corrected chi connectivity index (χ0v) is 17.9. The van der Waals surface area contributed by atoms with Gasteiger partial charge in [0.05, 0.1) is 18.6 Å². The molecule has 2 aromatic heterocycles. The van der Waals surface area contributed by atoms with E-state index in [-0.39, 0.29) is 5.91 Å². The van der Waals surface area contributed by atoms with Crippen LogP contribution in [-0.4, -0.2) is 57.5 Å². The zero-order valence-electron chi connectivity index (χ0n) is 17.1. The van der Waals surface area contributed by atoms with Crippen molar-refractivity contribution in [2.75, 3.05) is 36.8 Å². The molecule has 7 nitrogen and oxygen atoms in total. The van der Waals surface area contributed by atoms with Gasteiger partial charge in [0, 0.05) is 26.2 Å². The molecule has 29 heavy (non-hydrogen) atoms. The standard InChI is InChI=1S/C21H31N5O2S/c27-19(24-11-5-2-1-3-6-12-24)17-29-21-23-22-20(25-13-7-4-8-14-25)26(21)16-18-10-9-15-28-18/h9-10,15H,1-8,11-14,16-17H2. The summed E-state index contributed by atoms with van der Waals surface area (Å²) in [6.07, 6.45) is 11.3. The van der Waals surface area contributed by atoms with Gasteiger partial charge in [0.15, 0.2) is 5.16 Å². The summed E-state index contributed by atoms with van der Waals surface area (Å²) in [5, 5.41) is 9.73. The van der Waals surface area contributed by atoms with Crippen molar-refractivity contribution in [2.45, 2.75) is 63.1 Å². The largest absolute Gasteiger partial charge is 0.467 e. The summed E-state index contributed by atoms with van der Waals surface area (Å²) in [6.45, 7) is 4.38. The molecule has 0 radical (unpaired) electrons. The van der Waals surface area contributed by atoms with Gasteiger partial charge in [0.1, 0.15) is 5.76 Å². The highest BCUT2D eigenvalue weighted by atomic mass is 32.2. The fourth-order valence-corrected chi connectivity index (χ4v) is 4.96. The molecule has 0 atom stereocenters. The van der Waals surface area contributed by atoms with E-state index in [1.165, 1.54) is 50.3 Å². The second-order valence-electron chi connectivity index (χ2n) is 7.93. The maximum Gasteiger partial charge on any atom is 0.233 e. The number of nitrogens with zero attached hydrogens (tertiary/aromatic N) is 5. The van der Waals surface area contributed by atoms with Crippen molar-refractivity contribution in [1.82, 2.24) is 19.7 Å². The Hall–Kier alpha value is -1.96. The molecule has 0 N–H and O–H groups in total. The molecule has 158 valence electrons. The van der Waals surface area contributed by atoms with Crippen molar-refractivity contribution in [3.05, 3.63) is 24.2 Å². The Morgan fingerprint density at radius 2 is 1.66 bits per heavy atom. The lowest BCUT2D eigenvalue weighted by Gasteiger charge is -2.27. The average Bonchev–Trinajstić information content (AvgIpc) is 3.37. The van der Waals surface area contributed by atoms with Crippen molar-refractivity contribution in [3.8, 4) is 0 Å². The van der Waals surface area contributed by atoms with Crippen molar-refractivity contribution >= 4 is 23.6 Å². The SMILES string of the molecule is O=C(CSc1nnc(N2CCCCC2)n1Cc1ccco1)N1CCCCCCC1. The fraction of sp³-hybridized carbons (Fsp3) is 0.667. The first kappa shape index (κ1) is 20.3. The van der Waals surface area contributed by atoms with Crippen LogP contribution in [0.5, 0.6) is 0 Å². The lowest BCUT2D eigenvalue weighted by atomic mass is 10.1. The van der Waals surface area contributed by atoms with E-state index in [2.05, 4.69) is 19.7 Å². The molecule has 2 saturated heterocycles. The van der Waals surface area contributed by atoms with Gasteiger partial charge < -0.3 is 14.2 Å². The Kier molecular flexibility index (Phi) is 7.14. The molecule has 2 aliphatic heterocycles. The van der Waals surface area contributed by atoms with E-state index >= 15 is 0 Å². The van der Waals surface area contributed by atoms with Crippen molar-refractivity contribution in [3.63, 3.8) is 0 Å². The molecule has 2 aromatic rings. The van der Waals surface area contributed by atoms with Crippen LogP contribution in [0, 0.1) is 0 Å². The van der Waals surface area contributed by atoms with Crippen LogP contribution in [0.25, 0.3) is 0 Å². The summed E-state index contributed by atoms with van der Waals surface area (Å²) < 4.78 is 7.68. The van der Waals surface area contributed by atoms with Crippen LogP contribution < -0.4 is 4.90 Å². The highest BCUT2D eigenvalue weighted by Gasteiger charge is 2.23. The number of hydrogen-bond acceptors (Lipinski definition) is 6. The third-order valence-corrected chi connectivity index (χ3v) is 6.72. The van der Waals surface area contributed by atoms with Crippen molar-refractivity contribution in [2.24, 2.45) is 0 Å². The summed E-state index contributed by atoms with van der Waals surface area (Å²) in [6, 6.07) is 3.87. The van der Waals surface area contributed by atoms with Crippen LogP contribution in [0.2, 0.25) is 0 Å². The van der Waals surface area contributed by atoms with Crippen LogP contribution in [0.15, 0.2) is 28.0 Å². The van der Waals surface area contributed by atoms with E-state index in [0.29, 0.717) is 12.3 Å². The van der Waals surface area contributed by atoms with Gasteiger partial charge >= 0.3 is 0 Å². The van der Waals surface area contributed by atoms with Gasteiger partial charge in [-0.3, -0.25) is 9.36 Å². The van der Waals surface area contributed by atoms with E-state index in [1.807, 2.05) is 17.0 Å². The summed E-state index contributed by atoms with van der Waals surface area (Å²) in [5.74, 6) is 2.39. The molecule has 1 amide bonds. The van der Waals surface area contributed by atoms with E-state index in [9.17, 15) is 4.79 Å². The Bertz CT molecular complexity index is 762. The molecule has 2 fully saturated rings. The van der Waals surface area contributed by atoms with Gasteiger partial charge in [-0.1, -0.05) is 31.0 Å². The zero-order chi connectivity index (χ0) is 19.9. The molecular weight excluding hydrogens is 386 g/mol. The van der Waals surface area contributed by atoms with Crippen molar-refractivity contribution < 1.29 is 9.21 Å². The number of piperidine rings is 1. The lowest BCUT2D eigenvalue weighted by Crippen LogP contribution is -2.35. The predicted octanol–water partition coefficient (Wildman–Crippen LogP) is 3.79. The number of carbonyl (C=O) groups excluding carboxylic acids is 1. The quantitative estimate of drug-likeness (QED) is 0.666. The maximum atomic E-state index is 12.8. The molecule has 0 aromatic carbocycles. The van der Waals surface area contributed by atoms with Gasteiger partial charge in [-0.25, -0.2) is 0 Å². The number of hydrogen-bond donors (Lipinski definition) is 0. The predicted molar refractivity (Wildman–Crippen MR) is 114 cm³/mol. The van der Waals surface area contributed by atoms with E-state index < -0.39 is 0 Å². The lowest BCUT2D eigenvalue weighted by molar-refractivity contribution is -0.128. The van der Waals surface area contributed by atoms with Gasteiger partial charge in [0.2, 0.25) is 11.9 Å². The smallest absolute Gasteiger partial charge is 0.233 e. The number of rotatable bonds is 6. The summed E-state index contributed by atoms with van der Waals surface area (Å²) >= 11 is 1.50. The molecule has 0 spiro atoms. The third kappa shape index (κ3) is 5.35. The third-order valence-electron chi connectivity index (χ3n) is 5.76. The number of furan rings is 1. The van der Waals surface area contributed by atoms with Crippen molar-refractivity contribution in [1.29, 1.82) is 0 Å². The molecule has 8 heteroatoms. The monoisotopic (exact) mass is 417 g/mol. The second kappa shape index (κ2) is 10.2. The van der Waals surface area contributed by atoms with Crippen LogP contribution in [0.4, 0.5) is 5.95 Å². The fourth-order valence-electron chi connectivity index (χ4n) is 4.13. The number of anilines is 1. The van der Waals surface area contributed by atoms with Crippen LogP contribution in [-0.2, 0) is 11.3 Å². The molecule has 0 saturated carbocycles. The molecule has 0 bridgehead atoms. The molecule has 0 unspecified atom stereocenters. The van der Waals surface area contributed by atoms with Gasteiger partial charge in [0.25, 0.3) is 0 Å². The Morgan fingerprint density at radius 1 is 0.966 bits per heavy atom. The molecule has 2 aliphatic rings. The normalized spacial score (nSPS) is 18.5. The first-order valence-corrected chi connectivity index (χ1v) is 11.9. The highest BCUT2D eigenvalue weighted by Crippen LogP contribution is 2.26. The number of aromatic nitrogens is 3. The van der Waals surface area contributed by atoms with Crippen LogP contribution in [0.1, 0.15) is 57.1 Å². The second-order valence-corrected chi connectivity index (χ2v) is 8.88.